The lowest BCUT2D eigenvalue weighted by Gasteiger charge is -2.10. The Morgan fingerprint density at radius 1 is 0.741 bits per heavy atom. The van der Waals surface area contributed by atoms with Crippen molar-refractivity contribution >= 4 is 22.7 Å². The lowest BCUT2D eigenvalue weighted by molar-refractivity contribution is -0.385. The van der Waals surface area contributed by atoms with Gasteiger partial charge in [-0.25, -0.2) is 0 Å². The number of hydrogen-bond donors (Lipinski definition) is 2. The molecule has 3 aromatic rings. The normalized spacial score (nSPS) is 13.1. The van der Waals surface area contributed by atoms with Crippen molar-refractivity contribution in [2.75, 3.05) is 0 Å². The van der Waals surface area contributed by atoms with Crippen molar-refractivity contribution in [3.05, 3.63) is 102 Å². The third-order valence-corrected chi connectivity index (χ3v) is 5.17. The molecule has 27 heavy (non-hydrogen) atoms. The molecule has 0 saturated heterocycles. The first kappa shape index (κ1) is 18.6. The topological polar surface area (TPSA) is 127 Å². The van der Waals surface area contributed by atoms with Crippen molar-refractivity contribution in [2.24, 2.45) is 0 Å². The Morgan fingerprint density at radius 3 is 1.52 bits per heavy atom. The maximum absolute atomic E-state index is 10.9. The van der Waals surface area contributed by atoms with Gasteiger partial charge in [-0.1, -0.05) is 24.3 Å². The van der Waals surface area contributed by atoms with E-state index >= 15 is 0 Å². The van der Waals surface area contributed by atoms with E-state index in [9.17, 15) is 30.4 Å². The molecule has 0 fully saturated rings. The Hall–Kier alpha value is -3.14. The van der Waals surface area contributed by atoms with Crippen LogP contribution in [0.25, 0.3) is 0 Å². The van der Waals surface area contributed by atoms with Crippen molar-refractivity contribution in [3.8, 4) is 0 Å². The molecule has 1 heterocycles. The van der Waals surface area contributed by atoms with Gasteiger partial charge >= 0.3 is 0 Å². The summed E-state index contributed by atoms with van der Waals surface area (Å²) in [6, 6.07) is 14.6. The number of nitro benzene ring substituents is 2. The number of non-ortho nitro benzene ring substituents is 2. The minimum Gasteiger partial charge on any atom is -0.383 e. The molecule has 0 aliphatic carbocycles. The lowest BCUT2D eigenvalue weighted by Crippen LogP contribution is -1.99. The summed E-state index contributed by atoms with van der Waals surface area (Å²) in [5, 5.41) is 42.8. The van der Waals surface area contributed by atoms with Crippen LogP contribution in [0, 0.1) is 20.2 Å². The fraction of sp³-hybridized carbons (Fsp3) is 0.111. The zero-order valence-corrected chi connectivity index (χ0v) is 14.6. The SMILES string of the molecule is O=[N+]([O-])c1cccc([C@@H](O)c2ccc([C@@H](O)c3cccc([N+](=O)[O-])c3)s2)c1. The highest BCUT2D eigenvalue weighted by atomic mass is 32.1. The molecule has 3 rings (SSSR count). The van der Waals surface area contributed by atoms with Gasteiger partial charge in [0.15, 0.2) is 0 Å². The van der Waals surface area contributed by atoms with Crippen molar-refractivity contribution in [1.82, 2.24) is 0 Å². The molecule has 9 heteroatoms. The molecule has 0 bridgehead atoms. The highest BCUT2D eigenvalue weighted by molar-refractivity contribution is 7.12. The molecule has 8 nitrogen and oxygen atoms in total. The standard InChI is InChI=1S/C18H14N2O6S/c21-17(11-3-1-5-13(9-11)19(23)24)15-7-8-16(27-15)18(22)12-4-2-6-14(10-12)20(25)26/h1-10,17-18,21-22H/t17-,18+. The molecular weight excluding hydrogens is 372 g/mol. The first-order chi connectivity index (χ1) is 12.9. The zero-order valence-electron chi connectivity index (χ0n) is 13.8. The molecule has 0 aliphatic rings. The first-order valence-electron chi connectivity index (χ1n) is 7.81. The van der Waals surface area contributed by atoms with Crippen molar-refractivity contribution in [2.45, 2.75) is 12.2 Å². The number of nitrogens with zero attached hydrogens (tertiary/aromatic N) is 2. The molecule has 0 amide bonds. The molecule has 0 saturated carbocycles. The van der Waals surface area contributed by atoms with Crippen molar-refractivity contribution in [1.29, 1.82) is 0 Å². The van der Waals surface area contributed by atoms with Crippen LogP contribution in [0.3, 0.4) is 0 Å². The van der Waals surface area contributed by atoms with Gasteiger partial charge in [0.05, 0.1) is 9.85 Å². The third kappa shape index (κ3) is 4.00. The maximum atomic E-state index is 10.9. The van der Waals surface area contributed by atoms with E-state index in [0.717, 1.165) is 11.3 Å². The lowest BCUT2D eigenvalue weighted by atomic mass is 10.1. The summed E-state index contributed by atoms with van der Waals surface area (Å²) in [7, 11) is 0. The molecule has 0 spiro atoms. The van der Waals surface area contributed by atoms with Crippen molar-refractivity contribution in [3.63, 3.8) is 0 Å². The molecule has 2 atom stereocenters. The highest BCUT2D eigenvalue weighted by Gasteiger charge is 2.20. The molecule has 0 unspecified atom stereocenters. The van der Waals surface area contributed by atoms with Crippen LogP contribution in [0.5, 0.6) is 0 Å². The predicted octanol–water partition coefficient (Wildman–Crippen LogP) is 3.73. The van der Waals surface area contributed by atoms with E-state index in [1.807, 2.05) is 0 Å². The van der Waals surface area contributed by atoms with Gasteiger partial charge in [0.25, 0.3) is 11.4 Å². The monoisotopic (exact) mass is 386 g/mol. The molecule has 2 aromatic carbocycles. The number of thiophene rings is 1. The van der Waals surface area contributed by atoms with Gasteiger partial charge in [0.2, 0.25) is 0 Å². The van der Waals surface area contributed by atoms with Gasteiger partial charge in [-0.3, -0.25) is 20.2 Å². The van der Waals surface area contributed by atoms with E-state index in [1.54, 1.807) is 24.3 Å². The molecular formula is C18H14N2O6S. The third-order valence-electron chi connectivity index (χ3n) is 3.98. The van der Waals surface area contributed by atoms with Gasteiger partial charge in [-0.2, -0.15) is 0 Å². The number of rotatable bonds is 6. The average molecular weight is 386 g/mol. The van der Waals surface area contributed by atoms with Gasteiger partial charge in [0.1, 0.15) is 12.2 Å². The number of hydrogen-bond acceptors (Lipinski definition) is 7. The molecule has 0 radical (unpaired) electrons. The fourth-order valence-electron chi connectivity index (χ4n) is 2.61. The molecule has 1 aromatic heterocycles. The minimum atomic E-state index is -1.08. The van der Waals surface area contributed by atoms with Gasteiger partial charge in [-0.15, -0.1) is 11.3 Å². The van der Waals surface area contributed by atoms with Crippen LogP contribution in [0.15, 0.2) is 60.7 Å². The Balaban J connectivity index is 1.86. The van der Waals surface area contributed by atoms with Crippen molar-refractivity contribution < 1.29 is 20.1 Å². The molecule has 138 valence electrons. The first-order valence-corrected chi connectivity index (χ1v) is 8.63. The number of benzene rings is 2. The Labute approximate surface area is 157 Å². The molecule has 0 aliphatic heterocycles. The van der Waals surface area contributed by atoms with Crippen LogP contribution in [0.1, 0.15) is 33.1 Å². The summed E-state index contributed by atoms with van der Waals surface area (Å²) in [6.45, 7) is 0. The predicted molar refractivity (Wildman–Crippen MR) is 98.6 cm³/mol. The quantitative estimate of drug-likeness (QED) is 0.491. The number of nitro groups is 2. The van der Waals surface area contributed by atoms with Crippen LogP contribution in [-0.4, -0.2) is 20.1 Å². The van der Waals surface area contributed by atoms with Crippen LogP contribution in [0.2, 0.25) is 0 Å². The summed E-state index contributed by atoms with van der Waals surface area (Å²) in [5.74, 6) is 0. The van der Waals surface area contributed by atoms with Crippen LogP contribution >= 0.6 is 11.3 Å². The van der Waals surface area contributed by atoms with Crippen LogP contribution < -0.4 is 0 Å². The van der Waals surface area contributed by atoms with Crippen LogP contribution in [0.4, 0.5) is 11.4 Å². The van der Waals surface area contributed by atoms with E-state index in [0.29, 0.717) is 20.9 Å². The fourth-order valence-corrected chi connectivity index (χ4v) is 3.65. The Bertz CT molecular complexity index is 925. The number of aliphatic hydroxyl groups is 2. The van der Waals surface area contributed by atoms with E-state index in [-0.39, 0.29) is 11.4 Å². The summed E-state index contributed by atoms with van der Waals surface area (Å²) in [4.78, 5) is 21.7. The van der Waals surface area contributed by atoms with Gasteiger partial charge < -0.3 is 10.2 Å². The second-order valence-electron chi connectivity index (χ2n) is 5.75. The van der Waals surface area contributed by atoms with E-state index in [1.165, 1.54) is 36.4 Å². The van der Waals surface area contributed by atoms with Crippen LogP contribution in [-0.2, 0) is 0 Å². The van der Waals surface area contributed by atoms with Gasteiger partial charge in [-0.05, 0) is 23.3 Å². The highest BCUT2D eigenvalue weighted by Crippen LogP contribution is 2.35. The van der Waals surface area contributed by atoms with Gasteiger partial charge in [0, 0.05) is 34.0 Å². The van der Waals surface area contributed by atoms with E-state index < -0.39 is 22.1 Å². The number of aliphatic hydroxyl groups excluding tert-OH is 2. The molecule has 2 N–H and O–H groups in total. The second-order valence-corrected chi connectivity index (χ2v) is 6.90. The van der Waals surface area contributed by atoms with E-state index in [2.05, 4.69) is 0 Å². The second kappa shape index (κ2) is 7.62. The smallest absolute Gasteiger partial charge is 0.269 e. The minimum absolute atomic E-state index is 0.125. The average Bonchev–Trinajstić information content (AvgIpc) is 3.17. The Morgan fingerprint density at radius 2 is 1.15 bits per heavy atom. The zero-order chi connectivity index (χ0) is 19.6. The van der Waals surface area contributed by atoms with E-state index in [4.69, 9.17) is 0 Å². The summed E-state index contributed by atoms with van der Waals surface area (Å²) in [6.07, 6.45) is -2.16. The largest absolute Gasteiger partial charge is 0.383 e. The Kier molecular flexibility index (Phi) is 5.26. The summed E-state index contributed by atoms with van der Waals surface area (Å²) in [5.41, 5.74) is 0.477. The summed E-state index contributed by atoms with van der Waals surface area (Å²) >= 11 is 1.13. The summed E-state index contributed by atoms with van der Waals surface area (Å²) < 4.78 is 0. The maximum Gasteiger partial charge on any atom is 0.269 e.